The number of carbonyl (C=O) groups excluding carboxylic acids is 6. The van der Waals surface area contributed by atoms with E-state index in [0.29, 0.717) is 0 Å². The standard InChI is InChI=1S/C18H23N5O10/c19-13(26)30-9-5-1-3-7-17(9,32-15(21)28)11(24)23-12(25)18(33-16(22)29)8-4-2-6-10(18)31-14(20)27/h1-4,9-10H,5-8H2,(H2,19,26)(H2,20,27)(H2,21,28)(H2,22,29)(H,23,24,25). The van der Waals surface area contributed by atoms with Gasteiger partial charge < -0.3 is 41.9 Å². The molecule has 0 fully saturated rings. The molecule has 0 spiro atoms. The normalized spacial score (nSPS) is 28.1. The zero-order valence-corrected chi connectivity index (χ0v) is 17.2. The van der Waals surface area contributed by atoms with Gasteiger partial charge in [-0.3, -0.25) is 14.9 Å². The molecular formula is C18H23N5O10. The van der Waals surface area contributed by atoms with Crippen LogP contribution in [-0.4, -0.2) is 59.6 Å². The van der Waals surface area contributed by atoms with Crippen LogP contribution < -0.4 is 28.3 Å². The molecule has 0 saturated carbocycles. The lowest BCUT2D eigenvalue weighted by Crippen LogP contribution is -2.66. The summed E-state index contributed by atoms with van der Waals surface area (Å²) in [7, 11) is 0. The fourth-order valence-corrected chi connectivity index (χ4v) is 3.63. The van der Waals surface area contributed by atoms with Crippen LogP contribution in [0.4, 0.5) is 19.2 Å². The molecule has 180 valence electrons. The Bertz CT molecular complexity index is 846. The van der Waals surface area contributed by atoms with E-state index < -0.39 is 59.6 Å². The SMILES string of the molecule is NC(=O)OC1CC=CCC1(OC(N)=O)C(=O)NC(=O)C1(OC(N)=O)CC=CCC1OC(N)=O. The van der Waals surface area contributed by atoms with Crippen molar-refractivity contribution in [2.75, 3.05) is 0 Å². The van der Waals surface area contributed by atoms with E-state index in [0.717, 1.165) is 0 Å². The van der Waals surface area contributed by atoms with Crippen molar-refractivity contribution in [3.63, 3.8) is 0 Å². The maximum absolute atomic E-state index is 13.2. The van der Waals surface area contributed by atoms with Gasteiger partial charge in [0.05, 0.1) is 0 Å². The molecule has 0 heterocycles. The molecule has 2 aliphatic rings. The van der Waals surface area contributed by atoms with Gasteiger partial charge in [0.2, 0.25) is 11.2 Å². The first-order chi connectivity index (χ1) is 15.4. The second kappa shape index (κ2) is 9.88. The number of imide groups is 1. The van der Waals surface area contributed by atoms with Crippen LogP contribution in [-0.2, 0) is 28.5 Å². The topological polar surface area (TPSA) is 255 Å². The maximum atomic E-state index is 13.2. The number of nitrogens with one attached hydrogen (secondary N) is 1. The highest BCUT2D eigenvalue weighted by Crippen LogP contribution is 2.34. The molecule has 33 heavy (non-hydrogen) atoms. The number of rotatable bonds is 6. The second-order valence-electron chi connectivity index (χ2n) is 7.08. The summed E-state index contributed by atoms with van der Waals surface area (Å²) >= 11 is 0. The van der Waals surface area contributed by atoms with Crippen LogP contribution in [0.5, 0.6) is 0 Å². The minimum atomic E-state index is -2.29. The Labute approximate surface area is 186 Å². The molecule has 15 nitrogen and oxygen atoms in total. The Balaban J connectivity index is 2.44. The Hall–Kier alpha value is -4.30. The zero-order valence-electron chi connectivity index (χ0n) is 17.2. The molecule has 9 N–H and O–H groups in total. The molecule has 2 rings (SSSR count). The first-order valence-corrected chi connectivity index (χ1v) is 9.48. The maximum Gasteiger partial charge on any atom is 0.405 e. The molecule has 0 aromatic heterocycles. The largest absolute Gasteiger partial charge is 0.441 e. The Morgan fingerprint density at radius 3 is 1.30 bits per heavy atom. The highest BCUT2D eigenvalue weighted by molar-refractivity contribution is 6.05. The van der Waals surface area contributed by atoms with Gasteiger partial charge in [-0.05, 0) is 0 Å². The number of amides is 6. The van der Waals surface area contributed by atoms with Crippen molar-refractivity contribution in [3.05, 3.63) is 24.3 Å². The van der Waals surface area contributed by atoms with E-state index >= 15 is 0 Å². The number of hydrogen-bond donors (Lipinski definition) is 5. The predicted molar refractivity (Wildman–Crippen MR) is 106 cm³/mol. The van der Waals surface area contributed by atoms with Crippen LogP contribution in [0, 0.1) is 0 Å². The first-order valence-electron chi connectivity index (χ1n) is 9.48. The van der Waals surface area contributed by atoms with Gasteiger partial charge in [-0.2, -0.15) is 0 Å². The first kappa shape index (κ1) is 25.0. The highest BCUT2D eigenvalue weighted by Gasteiger charge is 2.57. The summed E-state index contributed by atoms with van der Waals surface area (Å²) in [5.41, 5.74) is 15.7. The Kier molecular flexibility index (Phi) is 7.48. The van der Waals surface area contributed by atoms with Gasteiger partial charge in [-0.25, -0.2) is 19.2 Å². The van der Waals surface area contributed by atoms with Gasteiger partial charge in [0.15, 0.2) is 12.2 Å². The van der Waals surface area contributed by atoms with Gasteiger partial charge in [0.1, 0.15) is 0 Å². The number of ether oxygens (including phenoxy) is 4. The van der Waals surface area contributed by atoms with E-state index in [1.165, 1.54) is 24.3 Å². The molecule has 0 saturated heterocycles. The van der Waals surface area contributed by atoms with Gasteiger partial charge >= 0.3 is 24.4 Å². The Morgan fingerprint density at radius 1 is 0.636 bits per heavy atom. The monoisotopic (exact) mass is 469 g/mol. The molecule has 4 atom stereocenters. The summed E-state index contributed by atoms with van der Waals surface area (Å²) in [4.78, 5) is 72.1. The minimum Gasteiger partial charge on any atom is -0.441 e. The third-order valence-electron chi connectivity index (χ3n) is 4.99. The highest BCUT2D eigenvalue weighted by atomic mass is 16.6. The molecule has 0 aromatic carbocycles. The van der Waals surface area contributed by atoms with Crippen molar-refractivity contribution in [3.8, 4) is 0 Å². The van der Waals surface area contributed by atoms with Gasteiger partial charge in [-0.15, -0.1) is 0 Å². The average molecular weight is 469 g/mol. The van der Waals surface area contributed by atoms with E-state index in [4.69, 9.17) is 41.9 Å². The molecule has 2 aliphatic carbocycles. The van der Waals surface area contributed by atoms with Gasteiger partial charge in [0.25, 0.3) is 11.8 Å². The van der Waals surface area contributed by atoms with Crippen LogP contribution in [0.1, 0.15) is 25.7 Å². The second-order valence-corrected chi connectivity index (χ2v) is 7.08. The smallest absolute Gasteiger partial charge is 0.405 e. The van der Waals surface area contributed by atoms with Crippen molar-refractivity contribution in [1.82, 2.24) is 5.32 Å². The summed E-state index contributed by atoms with van der Waals surface area (Å²) < 4.78 is 19.8. The molecule has 15 heteroatoms. The van der Waals surface area contributed by atoms with Crippen LogP contribution in [0.15, 0.2) is 24.3 Å². The third-order valence-corrected chi connectivity index (χ3v) is 4.99. The number of hydrogen-bond acceptors (Lipinski definition) is 10. The van der Waals surface area contributed by atoms with Crippen LogP contribution in [0.3, 0.4) is 0 Å². The van der Waals surface area contributed by atoms with E-state index in [1.54, 1.807) is 0 Å². The molecule has 6 amide bonds. The van der Waals surface area contributed by atoms with E-state index in [9.17, 15) is 28.8 Å². The predicted octanol–water partition coefficient (Wildman–Crippen LogP) is -1.07. The quantitative estimate of drug-likeness (QED) is 0.179. The minimum absolute atomic E-state index is 0.114. The third kappa shape index (κ3) is 5.50. The number of carbonyl (C=O) groups is 6. The lowest BCUT2D eigenvalue weighted by Gasteiger charge is -2.40. The lowest BCUT2D eigenvalue weighted by molar-refractivity contribution is -0.164. The van der Waals surface area contributed by atoms with Crippen molar-refractivity contribution in [1.29, 1.82) is 0 Å². The van der Waals surface area contributed by atoms with Crippen molar-refractivity contribution < 1.29 is 47.7 Å². The summed E-state index contributed by atoms with van der Waals surface area (Å²) in [6, 6.07) is 0. The van der Waals surface area contributed by atoms with Crippen LogP contribution >= 0.6 is 0 Å². The number of primary amides is 4. The summed E-state index contributed by atoms with van der Waals surface area (Å²) in [6.07, 6.45) is -3.33. The average Bonchev–Trinajstić information content (AvgIpc) is 2.69. The summed E-state index contributed by atoms with van der Waals surface area (Å²) in [5, 5.41) is 1.94. The summed E-state index contributed by atoms with van der Waals surface area (Å²) in [6.45, 7) is 0. The van der Waals surface area contributed by atoms with Crippen LogP contribution in [0.2, 0.25) is 0 Å². The van der Waals surface area contributed by atoms with Crippen LogP contribution in [0.25, 0.3) is 0 Å². The molecule has 0 bridgehead atoms. The molecule has 0 aliphatic heterocycles. The van der Waals surface area contributed by atoms with Crippen molar-refractivity contribution in [2.45, 2.75) is 49.1 Å². The summed E-state index contributed by atoms with van der Waals surface area (Å²) in [5.74, 6) is -2.55. The number of nitrogens with two attached hydrogens (primary N) is 4. The zero-order chi connectivity index (χ0) is 24.8. The van der Waals surface area contributed by atoms with Crippen molar-refractivity contribution >= 4 is 36.2 Å². The lowest BCUT2D eigenvalue weighted by atomic mass is 9.82. The Morgan fingerprint density at radius 2 is 1.00 bits per heavy atom. The fourth-order valence-electron chi connectivity index (χ4n) is 3.63. The fraction of sp³-hybridized carbons (Fsp3) is 0.444. The molecule has 4 unspecified atom stereocenters. The van der Waals surface area contributed by atoms with Gasteiger partial charge in [-0.1, -0.05) is 24.3 Å². The molecular weight excluding hydrogens is 446 g/mol. The van der Waals surface area contributed by atoms with E-state index in [-0.39, 0.29) is 25.7 Å². The van der Waals surface area contributed by atoms with Crippen molar-refractivity contribution in [2.24, 2.45) is 22.9 Å². The van der Waals surface area contributed by atoms with E-state index in [1.807, 2.05) is 5.32 Å². The molecule has 0 radical (unpaired) electrons. The molecule has 0 aromatic rings. The van der Waals surface area contributed by atoms with Gasteiger partial charge in [0, 0.05) is 25.7 Å². The van der Waals surface area contributed by atoms with E-state index in [2.05, 4.69) is 0 Å².